The Morgan fingerprint density at radius 2 is 1.79 bits per heavy atom. The van der Waals surface area contributed by atoms with Crippen LogP contribution in [0.1, 0.15) is 21.5 Å². The summed E-state index contributed by atoms with van der Waals surface area (Å²) in [5, 5.41) is 3.03. The van der Waals surface area contributed by atoms with Gasteiger partial charge in [0, 0.05) is 35.3 Å². The third-order valence-electron chi connectivity index (χ3n) is 5.38. The lowest BCUT2D eigenvalue weighted by Gasteiger charge is -2.29. The van der Waals surface area contributed by atoms with E-state index in [2.05, 4.69) is 5.32 Å². The average molecular weight is 414 g/mol. The number of nitrogens with one attached hydrogen (secondary N) is 1. The highest BCUT2D eigenvalue weighted by molar-refractivity contribution is 6.34. The van der Waals surface area contributed by atoms with Crippen molar-refractivity contribution < 1.29 is 13.6 Å². The van der Waals surface area contributed by atoms with Crippen molar-refractivity contribution >= 4 is 23.2 Å². The number of benzene rings is 3. The molecule has 4 nitrogen and oxygen atoms in total. The van der Waals surface area contributed by atoms with Crippen molar-refractivity contribution in [2.24, 2.45) is 11.5 Å². The van der Waals surface area contributed by atoms with Crippen LogP contribution in [0.4, 0.5) is 14.5 Å². The smallest absolute Gasteiger partial charge is 0.249 e. The molecule has 0 unspecified atom stereocenters. The molecule has 0 saturated heterocycles. The quantitative estimate of drug-likeness (QED) is 0.599. The van der Waals surface area contributed by atoms with Gasteiger partial charge in [0.25, 0.3) is 0 Å². The van der Waals surface area contributed by atoms with Crippen LogP contribution in [-0.4, -0.2) is 12.5 Å². The normalized spacial score (nSPS) is 17.7. The second-order valence-corrected chi connectivity index (χ2v) is 7.43. The third-order valence-corrected chi connectivity index (χ3v) is 5.75. The highest BCUT2D eigenvalue weighted by Crippen LogP contribution is 2.48. The summed E-state index contributed by atoms with van der Waals surface area (Å²) >= 11 is 6.29. The predicted octanol–water partition coefficient (Wildman–Crippen LogP) is 4.21. The fourth-order valence-corrected chi connectivity index (χ4v) is 4.24. The molecule has 29 heavy (non-hydrogen) atoms. The Bertz CT molecular complexity index is 1120. The largest absolute Gasteiger partial charge is 0.374 e. The fraction of sp³-hybridized carbons (Fsp3) is 0.136. The van der Waals surface area contributed by atoms with E-state index in [1.54, 1.807) is 0 Å². The first-order chi connectivity index (χ1) is 13.9. The molecule has 1 amide bonds. The summed E-state index contributed by atoms with van der Waals surface area (Å²) in [6.07, 6.45) is 0.338. The van der Waals surface area contributed by atoms with E-state index in [0.717, 1.165) is 5.56 Å². The zero-order chi connectivity index (χ0) is 20.8. The summed E-state index contributed by atoms with van der Waals surface area (Å²) in [5.41, 5.74) is 12.7. The van der Waals surface area contributed by atoms with Crippen molar-refractivity contribution in [3.05, 3.63) is 87.9 Å². The number of hydrogen-bond acceptors (Lipinski definition) is 3. The molecule has 1 aliphatic rings. The van der Waals surface area contributed by atoms with Crippen LogP contribution in [0, 0.1) is 11.6 Å². The molecule has 148 valence electrons. The van der Waals surface area contributed by atoms with Crippen LogP contribution in [0.15, 0.2) is 54.6 Å². The van der Waals surface area contributed by atoms with Crippen LogP contribution in [-0.2, 0) is 12.0 Å². The van der Waals surface area contributed by atoms with Crippen LogP contribution >= 0.6 is 11.6 Å². The summed E-state index contributed by atoms with van der Waals surface area (Å²) in [6, 6.07) is 14.7. The number of carbonyl (C=O) groups is 1. The lowest BCUT2D eigenvalue weighted by atomic mass is 9.84. The minimum Gasteiger partial charge on any atom is -0.374 e. The molecule has 0 spiro atoms. The molecule has 3 aromatic rings. The molecule has 0 saturated carbocycles. The number of nitrogens with two attached hydrogens (primary N) is 2. The lowest BCUT2D eigenvalue weighted by Crippen LogP contribution is -2.41. The second-order valence-electron chi connectivity index (χ2n) is 7.05. The lowest BCUT2D eigenvalue weighted by molar-refractivity contribution is 0.100. The van der Waals surface area contributed by atoms with Crippen LogP contribution in [0.2, 0.25) is 5.02 Å². The molecule has 1 aliphatic heterocycles. The Hall–Kier alpha value is -2.96. The van der Waals surface area contributed by atoms with Crippen LogP contribution < -0.4 is 16.8 Å². The van der Waals surface area contributed by atoms with E-state index in [1.165, 1.54) is 24.3 Å². The summed E-state index contributed by atoms with van der Waals surface area (Å²) in [6.45, 7) is 0.213. The van der Waals surface area contributed by atoms with Gasteiger partial charge >= 0.3 is 0 Å². The molecule has 7 heteroatoms. The van der Waals surface area contributed by atoms with Crippen LogP contribution in [0.3, 0.4) is 0 Å². The zero-order valence-electron chi connectivity index (χ0n) is 15.3. The Kier molecular flexibility index (Phi) is 4.76. The molecule has 0 aromatic heterocycles. The molecule has 4 rings (SSSR count). The number of rotatable bonds is 4. The molecular formula is C22H18ClF2N3O. The molecule has 1 atom stereocenters. The van der Waals surface area contributed by atoms with Crippen molar-refractivity contribution in [2.45, 2.75) is 12.0 Å². The van der Waals surface area contributed by atoms with Gasteiger partial charge in [-0.15, -0.1) is 0 Å². The second kappa shape index (κ2) is 7.13. The molecule has 3 aromatic carbocycles. The van der Waals surface area contributed by atoms with Gasteiger partial charge in [-0.05, 0) is 29.3 Å². The first-order valence-corrected chi connectivity index (χ1v) is 9.39. The van der Waals surface area contributed by atoms with Gasteiger partial charge in [0.2, 0.25) is 5.91 Å². The minimum absolute atomic E-state index is 0.0651. The molecule has 5 N–H and O–H groups in total. The summed E-state index contributed by atoms with van der Waals surface area (Å²) in [4.78, 5) is 11.9. The van der Waals surface area contributed by atoms with Crippen LogP contribution in [0.5, 0.6) is 0 Å². The number of primary amides is 1. The number of fused-ring (bicyclic) bond motifs is 1. The van der Waals surface area contributed by atoms with E-state index in [4.69, 9.17) is 23.1 Å². The topological polar surface area (TPSA) is 81.1 Å². The van der Waals surface area contributed by atoms with Crippen LogP contribution in [0.25, 0.3) is 11.1 Å². The van der Waals surface area contributed by atoms with E-state index in [9.17, 15) is 13.6 Å². The highest BCUT2D eigenvalue weighted by Gasteiger charge is 2.40. The summed E-state index contributed by atoms with van der Waals surface area (Å²) in [7, 11) is 0. The van der Waals surface area contributed by atoms with Crippen molar-refractivity contribution in [2.75, 3.05) is 11.9 Å². The van der Waals surface area contributed by atoms with Gasteiger partial charge < -0.3 is 16.8 Å². The number of halogens is 3. The standard InChI is InChI=1S/C22H18ClF2N3O/c23-20-16(25)9-17-14(10-22(11-26,28-17)12-5-2-1-3-6-12)19(20)18-13(21(27)29)7-4-8-15(18)24/h1-9,28H,10-11,26H2,(H2,27,29)/t22-/m1/s1. The first-order valence-electron chi connectivity index (χ1n) is 9.01. The maximum absolute atomic E-state index is 14.8. The average Bonchev–Trinajstić information content (AvgIpc) is 3.09. The van der Waals surface area contributed by atoms with E-state index in [0.29, 0.717) is 17.7 Å². The maximum atomic E-state index is 14.8. The molecule has 0 radical (unpaired) electrons. The van der Waals surface area contributed by atoms with E-state index in [-0.39, 0.29) is 28.3 Å². The third kappa shape index (κ3) is 3.05. The monoisotopic (exact) mass is 413 g/mol. The van der Waals surface area contributed by atoms with Gasteiger partial charge in [0.15, 0.2) is 0 Å². The van der Waals surface area contributed by atoms with Crippen molar-refractivity contribution in [3.63, 3.8) is 0 Å². The maximum Gasteiger partial charge on any atom is 0.249 e. The Morgan fingerprint density at radius 1 is 1.07 bits per heavy atom. The van der Waals surface area contributed by atoms with Gasteiger partial charge in [0.1, 0.15) is 11.6 Å². The van der Waals surface area contributed by atoms with Gasteiger partial charge in [-0.3, -0.25) is 4.79 Å². The highest BCUT2D eigenvalue weighted by atomic mass is 35.5. The van der Waals surface area contributed by atoms with Gasteiger partial charge in [-0.1, -0.05) is 48.0 Å². The van der Waals surface area contributed by atoms with Gasteiger partial charge in [-0.2, -0.15) is 0 Å². The number of carbonyl (C=O) groups excluding carboxylic acids is 1. The van der Waals surface area contributed by atoms with Gasteiger partial charge in [0.05, 0.1) is 10.6 Å². The SMILES string of the molecule is NC[C@@]1(c2ccccc2)Cc2c(cc(F)c(Cl)c2-c2c(F)cccc2C(N)=O)N1. The van der Waals surface area contributed by atoms with E-state index < -0.39 is 23.1 Å². The minimum atomic E-state index is -0.826. The summed E-state index contributed by atoms with van der Waals surface area (Å²) < 4.78 is 29.5. The Balaban J connectivity index is 1.98. The van der Waals surface area contributed by atoms with Gasteiger partial charge in [-0.25, -0.2) is 8.78 Å². The number of hydrogen-bond donors (Lipinski definition) is 3. The predicted molar refractivity (Wildman–Crippen MR) is 110 cm³/mol. The van der Waals surface area contributed by atoms with Crippen molar-refractivity contribution in [1.29, 1.82) is 0 Å². The fourth-order valence-electron chi connectivity index (χ4n) is 3.98. The number of anilines is 1. The molecular weight excluding hydrogens is 396 g/mol. The molecule has 0 fully saturated rings. The Labute approximate surface area is 171 Å². The molecule has 0 aliphatic carbocycles. The van der Waals surface area contributed by atoms with E-state index in [1.807, 2.05) is 30.3 Å². The summed E-state index contributed by atoms with van der Waals surface area (Å²) in [5.74, 6) is -2.26. The first kappa shape index (κ1) is 19.4. The molecule has 0 bridgehead atoms. The number of amides is 1. The van der Waals surface area contributed by atoms with Crippen molar-refractivity contribution in [1.82, 2.24) is 0 Å². The van der Waals surface area contributed by atoms with Crippen molar-refractivity contribution in [3.8, 4) is 11.1 Å². The Morgan fingerprint density at radius 3 is 2.45 bits per heavy atom. The van der Waals surface area contributed by atoms with E-state index >= 15 is 0 Å². The zero-order valence-corrected chi connectivity index (χ0v) is 16.1. The molecule has 1 heterocycles.